The van der Waals surface area contributed by atoms with Crippen LogP contribution in [-0.2, 0) is 0 Å². The molecule has 1 N–H and O–H groups in total. The summed E-state index contributed by atoms with van der Waals surface area (Å²) in [5.41, 5.74) is 0. The zero-order valence-electron chi connectivity index (χ0n) is 6.58. The summed E-state index contributed by atoms with van der Waals surface area (Å²) in [5.74, 6) is 0.854. The molecule has 0 fully saturated rings. The smallest absolute Gasteiger partial charge is 0.153 e. The van der Waals surface area contributed by atoms with Gasteiger partial charge in [0.15, 0.2) is 5.76 Å². The monoisotopic (exact) mass is 152 g/mol. The summed E-state index contributed by atoms with van der Waals surface area (Å²) < 4.78 is 4.98. The van der Waals surface area contributed by atoms with E-state index in [9.17, 15) is 0 Å². The number of hydrogen-bond acceptors (Lipinski definition) is 3. The van der Waals surface area contributed by atoms with Crippen molar-refractivity contribution in [1.29, 1.82) is 0 Å². The van der Waals surface area contributed by atoms with E-state index in [4.69, 9.17) is 4.52 Å². The minimum Gasteiger partial charge on any atom is -0.360 e. The highest BCUT2D eigenvalue weighted by Gasteiger charge is 2.09. The first-order chi connectivity index (χ1) is 5.38. The zero-order valence-corrected chi connectivity index (χ0v) is 6.58. The Hall–Kier alpha value is -1.09. The molecule has 0 aliphatic carbocycles. The third kappa shape index (κ3) is 1.91. The Labute approximate surface area is 66.1 Å². The number of hydrogen-bond donors (Lipinski definition) is 1. The average molecular weight is 152 g/mol. The molecule has 0 spiro atoms. The van der Waals surface area contributed by atoms with Crippen LogP contribution in [0.4, 0.5) is 0 Å². The Bertz CT molecular complexity index is 206. The summed E-state index contributed by atoms with van der Waals surface area (Å²) >= 11 is 0. The van der Waals surface area contributed by atoms with Crippen molar-refractivity contribution in [3.05, 3.63) is 30.7 Å². The predicted octanol–water partition coefficient (Wildman–Crippen LogP) is 1.51. The number of nitrogens with one attached hydrogen (secondary N) is 1. The number of rotatable bonds is 4. The van der Waals surface area contributed by atoms with Crippen molar-refractivity contribution in [3.63, 3.8) is 0 Å². The molecule has 0 saturated carbocycles. The summed E-state index contributed by atoms with van der Waals surface area (Å²) in [7, 11) is 1.89. The van der Waals surface area contributed by atoms with Gasteiger partial charge in [0.05, 0.1) is 12.2 Å². The van der Waals surface area contributed by atoms with Gasteiger partial charge in [-0.25, -0.2) is 0 Å². The van der Waals surface area contributed by atoms with Gasteiger partial charge in [0, 0.05) is 6.07 Å². The van der Waals surface area contributed by atoms with E-state index in [0.717, 1.165) is 12.2 Å². The van der Waals surface area contributed by atoms with Crippen LogP contribution in [0.1, 0.15) is 18.2 Å². The highest BCUT2D eigenvalue weighted by Crippen LogP contribution is 2.14. The van der Waals surface area contributed by atoms with Gasteiger partial charge >= 0.3 is 0 Å². The second-order valence-electron chi connectivity index (χ2n) is 2.28. The maximum absolute atomic E-state index is 4.98. The van der Waals surface area contributed by atoms with Gasteiger partial charge in [-0.15, -0.1) is 6.58 Å². The van der Waals surface area contributed by atoms with Crippen molar-refractivity contribution in [1.82, 2.24) is 10.5 Å². The van der Waals surface area contributed by atoms with E-state index in [-0.39, 0.29) is 6.04 Å². The van der Waals surface area contributed by atoms with Gasteiger partial charge in [0.1, 0.15) is 0 Å². The molecule has 1 aromatic rings. The second-order valence-corrected chi connectivity index (χ2v) is 2.28. The van der Waals surface area contributed by atoms with Gasteiger partial charge in [-0.3, -0.25) is 0 Å². The minimum absolute atomic E-state index is 0.204. The Balaban J connectivity index is 2.62. The van der Waals surface area contributed by atoms with Crippen LogP contribution in [0, 0.1) is 0 Å². The van der Waals surface area contributed by atoms with Crippen molar-refractivity contribution < 1.29 is 4.52 Å². The summed E-state index contributed by atoms with van der Waals surface area (Å²) in [6.07, 6.45) is 4.35. The molecule has 0 aliphatic heterocycles. The molecule has 0 aliphatic rings. The molecule has 3 heteroatoms. The molecular weight excluding hydrogens is 140 g/mol. The lowest BCUT2D eigenvalue weighted by atomic mass is 10.1. The third-order valence-electron chi connectivity index (χ3n) is 1.55. The fraction of sp³-hybridized carbons (Fsp3) is 0.375. The van der Waals surface area contributed by atoms with E-state index in [1.54, 1.807) is 6.20 Å². The minimum atomic E-state index is 0.204. The molecule has 0 saturated heterocycles. The van der Waals surface area contributed by atoms with E-state index >= 15 is 0 Å². The van der Waals surface area contributed by atoms with Gasteiger partial charge in [0.25, 0.3) is 0 Å². The topological polar surface area (TPSA) is 38.1 Å². The van der Waals surface area contributed by atoms with Gasteiger partial charge in [-0.2, -0.15) is 0 Å². The van der Waals surface area contributed by atoms with Crippen LogP contribution in [0.3, 0.4) is 0 Å². The van der Waals surface area contributed by atoms with E-state index in [1.807, 2.05) is 19.2 Å². The van der Waals surface area contributed by atoms with Gasteiger partial charge in [0.2, 0.25) is 0 Å². The molecule has 0 amide bonds. The normalized spacial score (nSPS) is 12.8. The number of aromatic nitrogens is 1. The third-order valence-corrected chi connectivity index (χ3v) is 1.55. The van der Waals surface area contributed by atoms with E-state index in [1.165, 1.54) is 0 Å². The first-order valence-electron chi connectivity index (χ1n) is 3.57. The Kier molecular flexibility index (Phi) is 2.86. The highest BCUT2D eigenvalue weighted by molar-refractivity contribution is 5.01. The maximum atomic E-state index is 4.98. The predicted molar refractivity (Wildman–Crippen MR) is 43.1 cm³/mol. The van der Waals surface area contributed by atoms with Crippen LogP contribution >= 0.6 is 0 Å². The van der Waals surface area contributed by atoms with Crippen LogP contribution in [0.25, 0.3) is 0 Å². The lowest BCUT2D eigenvalue weighted by Gasteiger charge is -2.08. The molecule has 0 bridgehead atoms. The molecule has 1 rings (SSSR count). The molecular formula is C8H12N2O. The summed E-state index contributed by atoms with van der Waals surface area (Å²) in [6, 6.07) is 2.06. The Morgan fingerprint density at radius 3 is 3.18 bits per heavy atom. The van der Waals surface area contributed by atoms with E-state index < -0.39 is 0 Å². The van der Waals surface area contributed by atoms with E-state index in [2.05, 4.69) is 17.1 Å². The standard InChI is InChI=1S/C8H12N2O/c1-3-4-7(9-2)8-5-6-10-11-8/h3,5-7,9H,1,4H2,2H3. The summed E-state index contributed by atoms with van der Waals surface area (Å²) in [5, 5.41) is 6.72. The van der Waals surface area contributed by atoms with Crippen LogP contribution < -0.4 is 5.32 Å². The molecule has 1 aromatic heterocycles. The molecule has 1 heterocycles. The quantitative estimate of drug-likeness (QED) is 0.664. The molecule has 3 nitrogen and oxygen atoms in total. The SMILES string of the molecule is C=CCC(NC)c1ccno1. The number of nitrogens with zero attached hydrogens (tertiary/aromatic N) is 1. The molecule has 1 unspecified atom stereocenters. The molecule has 11 heavy (non-hydrogen) atoms. The Morgan fingerprint density at radius 2 is 2.73 bits per heavy atom. The summed E-state index contributed by atoms with van der Waals surface area (Å²) in [6.45, 7) is 3.66. The van der Waals surface area contributed by atoms with Crippen LogP contribution in [0.2, 0.25) is 0 Å². The second kappa shape index (κ2) is 3.93. The maximum Gasteiger partial charge on any atom is 0.153 e. The lowest BCUT2D eigenvalue weighted by Crippen LogP contribution is -2.14. The largest absolute Gasteiger partial charge is 0.360 e. The van der Waals surface area contributed by atoms with Gasteiger partial charge in [-0.1, -0.05) is 11.2 Å². The fourth-order valence-electron chi connectivity index (χ4n) is 0.948. The van der Waals surface area contributed by atoms with Crippen LogP contribution in [-0.4, -0.2) is 12.2 Å². The highest BCUT2D eigenvalue weighted by atomic mass is 16.5. The first-order valence-corrected chi connectivity index (χ1v) is 3.57. The Morgan fingerprint density at radius 1 is 1.91 bits per heavy atom. The van der Waals surface area contributed by atoms with Crippen molar-refractivity contribution in [2.45, 2.75) is 12.5 Å². The van der Waals surface area contributed by atoms with Gasteiger partial charge < -0.3 is 9.84 Å². The van der Waals surface area contributed by atoms with Gasteiger partial charge in [-0.05, 0) is 13.5 Å². The summed E-state index contributed by atoms with van der Waals surface area (Å²) in [4.78, 5) is 0. The van der Waals surface area contributed by atoms with Crippen LogP contribution in [0.5, 0.6) is 0 Å². The zero-order chi connectivity index (χ0) is 8.10. The fourth-order valence-corrected chi connectivity index (χ4v) is 0.948. The van der Waals surface area contributed by atoms with Crippen molar-refractivity contribution >= 4 is 0 Å². The molecule has 60 valence electrons. The molecule has 0 aromatic carbocycles. The molecule has 0 radical (unpaired) electrons. The molecule has 1 atom stereocenters. The average Bonchev–Trinajstić information content (AvgIpc) is 2.52. The van der Waals surface area contributed by atoms with Crippen LogP contribution in [0.15, 0.2) is 29.4 Å². The van der Waals surface area contributed by atoms with Crippen molar-refractivity contribution in [2.24, 2.45) is 0 Å². The lowest BCUT2D eigenvalue weighted by molar-refractivity contribution is 0.346. The van der Waals surface area contributed by atoms with Crippen molar-refractivity contribution in [3.8, 4) is 0 Å². The first kappa shape index (κ1) is 8.01. The van der Waals surface area contributed by atoms with E-state index in [0.29, 0.717) is 0 Å². The van der Waals surface area contributed by atoms with Crippen molar-refractivity contribution in [2.75, 3.05) is 7.05 Å².